The highest BCUT2D eigenvalue weighted by molar-refractivity contribution is 5.91. The first kappa shape index (κ1) is 26.6. The van der Waals surface area contributed by atoms with E-state index in [9.17, 15) is 23.5 Å². The Morgan fingerprint density at radius 2 is 1.66 bits per heavy atom. The predicted molar refractivity (Wildman–Crippen MR) is 125 cm³/mol. The van der Waals surface area contributed by atoms with Crippen molar-refractivity contribution in [1.82, 2.24) is 0 Å². The number of aliphatic carboxylic acids is 1. The fourth-order valence-electron chi connectivity index (χ4n) is 4.87. The minimum Gasteiger partial charge on any atom is -0.491 e. The number of carbonyl (C=O) groups is 2. The van der Waals surface area contributed by atoms with Crippen molar-refractivity contribution in [3.8, 4) is 11.5 Å². The van der Waals surface area contributed by atoms with Gasteiger partial charge in [-0.1, -0.05) is 45.2 Å². The van der Waals surface area contributed by atoms with Gasteiger partial charge in [-0.05, 0) is 55.5 Å². The molecule has 1 N–H and O–H groups in total. The van der Waals surface area contributed by atoms with Crippen molar-refractivity contribution in [2.75, 3.05) is 6.61 Å². The number of rotatable bonds is 9. The van der Waals surface area contributed by atoms with E-state index < -0.39 is 52.6 Å². The van der Waals surface area contributed by atoms with Crippen molar-refractivity contribution in [1.29, 1.82) is 0 Å². The van der Waals surface area contributed by atoms with Crippen LogP contribution >= 0.6 is 0 Å². The molecule has 3 atom stereocenters. The van der Waals surface area contributed by atoms with E-state index in [2.05, 4.69) is 0 Å². The van der Waals surface area contributed by atoms with Crippen LogP contribution in [0.1, 0.15) is 74.7 Å². The van der Waals surface area contributed by atoms with Crippen LogP contribution in [0.5, 0.6) is 11.5 Å². The second-order valence-electron chi connectivity index (χ2n) is 9.12. The van der Waals surface area contributed by atoms with Crippen LogP contribution in [-0.4, -0.2) is 29.3 Å². The third kappa shape index (κ3) is 5.46. The molecule has 0 bridgehead atoms. The van der Waals surface area contributed by atoms with Crippen molar-refractivity contribution in [2.45, 2.75) is 64.5 Å². The maximum absolute atomic E-state index is 16.0. The van der Waals surface area contributed by atoms with E-state index in [1.54, 1.807) is 32.9 Å². The number of carboxylic acids is 1. The molecule has 0 radical (unpaired) electrons. The number of alkyl halides is 1. The summed E-state index contributed by atoms with van der Waals surface area (Å²) in [6, 6.07) is 8.38. The zero-order valence-corrected chi connectivity index (χ0v) is 20.2. The lowest BCUT2D eigenvalue weighted by atomic mass is 9.67. The van der Waals surface area contributed by atoms with Gasteiger partial charge in [0.15, 0.2) is 11.6 Å². The van der Waals surface area contributed by atoms with Gasteiger partial charge in [0.2, 0.25) is 11.5 Å². The molecule has 0 amide bonds. The molecule has 190 valence electrons. The number of benzene rings is 2. The molecule has 8 heteroatoms. The monoisotopic (exact) mass is 492 g/mol. The molecule has 0 aliphatic heterocycles. The molecule has 0 heterocycles. The van der Waals surface area contributed by atoms with Gasteiger partial charge in [-0.15, -0.1) is 0 Å². The molecular weight excluding hydrogens is 461 g/mol. The van der Waals surface area contributed by atoms with Crippen LogP contribution in [0.25, 0.3) is 0 Å². The van der Waals surface area contributed by atoms with E-state index in [1.165, 1.54) is 12.1 Å². The summed E-state index contributed by atoms with van der Waals surface area (Å²) in [5.41, 5.74) is -2.25. The van der Waals surface area contributed by atoms with Crippen molar-refractivity contribution < 1.29 is 37.3 Å². The van der Waals surface area contributed by atoms with E-state index in [1.807, 2.05) is 0 Å². The minimum atomic E-state index is -2.35. The van der Waals surface area contributed by atoms with Crippen molar-refractivity contribution in [3.05, 3.63) is 59.2 Å². The fourth-order valence-corrected chi connectivity index (χ4v) is 4.87. The van der Waals surface area contributed by atoms with E-state index in [0.717, 1.165) is 31.4 Å². The van der Waals surface area contributed by atoms with Crippen LogP contribution in [0.2, 0.25) is 0 Å². The molecule has 0 aromatic heterocycles. The van der Waals surface area contributed by atoms with Gasteiger partial charge in [-0.3, -0.25) is 0 Å². The molecule has 1 aliphatic rings. The number of carboxylic acid groups (broad SMARTS) is 1. The summed E-state index contributed by atoms with van der Waals surface area (Å²) in [6.45, 7) is 5.14. The minimum absolute atomic E-state index is 0.0873. The molecule has 1 fully saturated rings. The van der Waals surface area contributed by atoms with Crippen LogP contribution in [0.4, 0.5) is 13.2 Å². The van der Waals surface area contributed by atoms with Gasteiger partial charge in [0.1, 0.15) is 5.75 Å². The van der Waals surface area contributed by atoms with Gasteiger partial charge in [0, 0.05) is 11.8 Å². The van der Waals surface area contributed by atoms with E-state index in [4.69, 9.17) is 9.47 Å². The number of halogens is 3. The summed E-state index contributed by atoms with van der Waals surface area (Å²) >= 11 is 0. The number of ether oxygens (including phenoxy) is 2. The van der Waals surface area contributed by atoms with Gasteiger partial charge >= 0.3 is 11.9 Å². The third-order valence-electron chi connectivity index (χ3n) is 7.12. The van der Waals surface area contributed by atoms with Crippen molar-refractivity contribution in [3.63, 3.8) is 0 Å². The van der Waals surface area contributed by atoms with Crippen LogP contribution < -0.4 is 9.47 Å². The summed E-state index contributed by atoms with van der Waals surface area (Å²) < 4.78 is 54.5. The lowest BCUT2D eigenvalue weighted by molar-refractivity contribution is -0.162. The Hall–Kier alpha value is -3.03. The lowest BCUT2D eigenvalue weighted by Gasteiger charge is -2.39. The van der Waals surface area contributed by atoms with Gasteiger partial charge in [0.25, 0.3) is 0 Å². The topological polar surface area (TPSA) is 72.8 Å². The summed E-state index contributed by atoms with van der Waals surface area (Å²) in [5, 5.41) is 9.79. The van der Waals surface area contributed by atoms with Crippen LogP contribution in [0.15, 0.2) is 36.4 Å². The van der Waals surface area contributed by atoms with Crippen LogP contribution in [-0.2, 0) is 4.79 Å². The standard InChI is InChI=1S/C27H31F3O5/c1-4-34-22-15-14-21(23(28)24(22)29)25(31)35-20-12-10-18(11-13-20)16(2)17(3)27(30,26(32)33)19-8-6-5-7-9-19/h10-17,19H,4-9H2,1-3H3,(H,32,33)/t16?,17-,27+/m0/s1. The SMILES string of the molecule is CCOc1ccc(C(=O)Oc2ccc(C(C)[C@H](C)[C@](F)(C(=O)O)C3CCCCC3)cc2)c(F)c1F. The van der Waals surface area contributed by atoms with E-state index in [-0.39, 0.29) is 18.1 Å². The molecule has 2 aromatic carbocycles. The Bertz CT molecular complexity index is 1050. The average Bonchev–Trinajstić information content (AvgIpc) is 2.86. The largest absolute Gasteiger partial charge is 0.491 e. The molecule has 5 nitrogen and oxygen atoms in total. The molecule has 3 rings (SSSR count). The maximum atomic E-state index is 16.0. The van der Waals surface area contributed by atoms with Crippen molar-refractivity contribution in [2.24, 2.45) is 11.8 Å². The summed E-state index contributed by atoms with van der Waals surface area (Å²) in [6.07, 6.45) is 3.74. The smallest absolute Gasteiger partial charge is 0.346 e. The van der Waals surface area contributed by atoms with E-state index >= 15 is 4.39 Å². The highest BCUT2D eigenvalue weighted by Crippen LogP contribution is 2.45. The van der Waals surface area contributed by atoms with Gasteiger partial charge in [-0.25, -0.2) is 18.4 Å². The zero-order chi connectivity index (χ0) is 25.8. The average molecular weight is 493 g/mol. The highest BCUT2D eigenvalue weighted by Gasteiger charge is 2.52. The summed E-state index contributed by atoms with van der Waals surface area (Å²) in [4.78, 5) is 24.4. The summed E-state index contributed by atoms with van der Waals surface area (Å²) in [5.74, 6) is -7.12. The first-order valence-electron chi connectivity index (χ1n) is 12.0. The first-order chi connectivity index (χ1) is 16.6. The highest BCUT2D eigenvalue weighted by atomic mass is 19.2. The Kier molecular flexibility index (Phi) is 8.46. The second-order valence-corrected chi connectivity index (χ2v) is 9.12. The maximum Gasteiger partial charge on any atom is 0.346 e. The van der Waals surface area contributed by atoms with Crippen LogP contribution in [0.3, 0.4) is 0 Å². The third-order valence-corrected chi connectivity index (χ3v) is 7.12. The number of hydrogen-bond donors (Lipinski definition) is 1. The quantitative estimate of drug-likeness (QED) is 0.312. The normalized spacial score (nSPS) is 17.8. The molecule has 1 saturated carbocycles. The van der Waals surface area contributed by atoms with Crippen molar-refractivity contribution >= 4 is 11.9 Å². The number of carbonyl (C=O) groups excluding carboxylic acids is 1. The fraction of sp³-hybridized carbons (Fsp3) is 0.481. The Morgan fingerprint density at radius 1 is 1.03 bits per heavy atom. The molecule has 0 spiro atoms. The molecule has 0 saturated heterocycles. The Morgan fingerprint density at radius 3 is 2.23 bits per heavy atom. The molecular formula is C27H31F3O5. The predicted octanol–water partition coefficient (Wildman–Crippen LogP) is 6.70. The number of esters is 1. The van der Waals surface area contributed by atoms with E-state index in [0.29, 0.717) is 18.4 Å². The molecule has 1 unspecified atom stereocenters. The lowest BCUT2D eigenvalue weighted by Crippen LogP contribution is -2.49. The van der Waals surface area contributed by atoms with Gasteiger partial charge in [0.05, 0.1) is 12.2 Å². The molecule has 1 aliphatic carbocycles. The Labute approximate surface area is 203 Å². The first-order valence-corrected chi connectivity index (χ1v) is 12.0. The number of hydrogen-bond acceptors (Lipinski definition) is 4. The van der Waals surface area contributed by atoms with Gasteiger partial charge in [-0.2, -0.15) is 4.39 Å². The summed E-state index contributed by atoms with van der Waals surface area (Å²) in [7, 11) is 0. The Balaban J connectivity index is 1.74. The molecule has 35 heavy (non-hydrogen) atoms. The van der Waals surface area contributed by atoms with Gasteiger partial charge < -0.3 is 14.6 Å². The second kappa shape index (κ2) is 11.1. The van der Waals surface area contributed by atoms with Crippen LogP contribution in [0, 0.1) is 23.5 Å². The molecule has 2 aromatic rings. The zero-order valence-electron chi connectivity index (χ0n) is 20.2.